The van der Waals surface area contributed by atoms with Gasteiger partial charge in [-0.1, -0.05) is 44.0 Å². The van der Waals surface area contributed by atoms with Crippen LogP contribution < -0.4 is 4.74 Å². The SMILES string of the molecule is CC1Cc2cc(C(Br)c3c(F)cc(Br)cc3F)ccc2O1. The fourth-order valence-corrected chi connectivity index (χ4v) is 3.69. The third-order valence-corrected chi connectivity index (χ3v) is 4.95. The maximum Gasteiger partial charge on any atom is 0.131 e. The van der Waals surface area contributed by atoms with Gasteiger partial charge >= 0.3 is 0 Å². The molecule has 3 rings (SSSR count). The predicted octanol–water partition coefficient (Wildman–Crippen LogP) is 5.54. The van der Waals surface area contributed by atoms with Crippen molar-refractivity contribution >= 4 is 31.9 Å². The summed E-state index contributed by atoms with van der Waals surface area (Å²) in [5.74, 6) is -0.301. The van der Waals surface area contributed by atoms with E-state index in [0.29, 0.717) is 4.47 Å². The van der Waals surface area contributed by atoms with Gasteiger partial charge in [-0.3, -0.25) is 0 Å². The molecule has 2 aromatic rings. The molecule has 1 aliphatic rings. The van der Waals surface area contributed by atoms with Gasteiger partial charge in [0.2, 0.25) is 0 Å². The lowest BCUT2D eigenvalue weighted by Gasteiger charge is -2.14. The lowest BCUT2D eigenvalue weighted by atomic mass is 10.00. The second-order valence-electron chi connectivity index (χ2n) is 5.15. The van der Waals surface area contributed by atoms with Gasteiger partial charge in [0, 0.05) is 16.5 Å². The summed E-state index contributed by atoms with van der Waals surface area (Å²) in [7, 11) is 0. The van der Waals surface area contributed by atoms with E-state index in [1.54, 1.807) is 0 Å². The molecular weight excluding hydrogens is 406 g/mol. The van der Waals surface area contributed by atoms with Crippen LogP contribution >= 0.6 is 31.9 Å². The number of ether oxygens (including phenoxy) is 1. The van der Waals surface area contributed by atoms with Crippen LogP contribution in [-0.2, 0) is 6.42 Å². The Morgan fingerprint density at radius 2 is 1.86 bits per heavy atom. The summed E-state index contributed by atoms with van der Waals surface area (Å²) in [6.45, 7) is 2.00. The summed E-state index contributed by atoms with van der Waals surface area (Å²) in [5.41, 5.74) is 1.90. The summed E-state index contributed by atoms with van der Waals surface area (Å²) < 4.78 is 34.1. The van der Waals surface area contributed by atoms with Crippen molar-refractivity contribution in [3.05, 3.63) is 63.1 Å². The number of benzene rings is 2. The molecule has 21 heavy (non-hydrogen) atoms. The molecule has 0 spiro atoms. The molecule has 1 nitrogen and oxygen atoms in total. The predicted molar refractivity (Wildman–Crippen MR) is 85.1 cm³/mol. The molecule has 2 unspecified atom stereocenters. The Bertz CT molecular complexity index is 680. The molecule has 1 heterocycles. The molecule has 1 aliphatic heterocycles. The lowest BCUT2D eigenvalue weighted by molar-refractivity contribution is 0.254. The van der Waals surface area contributed by atoms with E-state index < -0.39 is 16.5 Å². The summed E-state index contributed by atoms with van der Waals surface area (Å²) >= 11 is 6.50. The lowest BCUT2D eigenvalue weighted by Crippen LogP contribution is -2.05. The van der Waals surface area contributed by atoms with Gasteiger partial charge in [0.15, 0.2) is 0 Å². The van der Waals surface area contributed by atoms with Crippen molar-refractivity contribution in [1.82, 2.24) is 0 Å². The average molecular weight is 418 g/mol. The molecule has 0 saturated carbocycles. The van der Waals surface area contributed by atoms with Gasteiger partial charge in [-0.15, -0.1) is 0 Å². The van der Waals surface area contributed by atoms with Crippen LogP contribution in [0.4, 0.5) is 8.78 Å². The first-order valence-corrected chi connectivity index (χ1v) is 8.24. The molecule has 0 N–H and O–H groups in total. The van der Waals surface area contributed by atoms with E-state index in [-0.39, 0.29) is 11.7 Å². The van der Waals surface area contributed by atoms with Gasteiger partial charge in [-0.05, 0) is 36.2 Å². The maximum atomic E-state index is 14.1. The Kier molecular flexibility index (Phi) is 4.06. The standard InChI is InChI=1S/C16H12Br2F2O/c1-8-4-10-5-9(2-3-14(10)21-8)16(18)15-12(19)6-11(17)7-13(15)20/h2-3,5-8,16H,4H2,1H3. The van der Waals surface area contributed by atoms with Gasteiger partial charge in [0.1, 0.15) is 23.5 Å². The van der Waals surface area contributed by atoms with Crippen LogP contribution in [0.3, 0.4) is 0 Å². The van der Waals surface area contributed by atoms with Gasteiger partial charge < -0.3 is 4.74 Å². The van der Waals surface area contributed by atoms with E-state index in [1.807, 2.05) is 25.1 Å². The van der Waals surface area contributed by atoms with Crippen molar-refractivity contribution < 1.29 is 13.5 Å². The number of hydrogen-bond donors (Lipinski definition) is 0. The maximum absolute atomic E-state index is 14.1. The number of fused-ring (bicyclic) bond motifs is 1. The van der Waals surface area contributed by atoms with Crippen LogP contribution in [0.25, 0.3) is 0 Å². The highest BCUT2D eigenvalue weighted by Crippen LogP contribution is 2.38. The third kappa shape index (κ3) is 2.86. The van der Waals surface area contributed by atoms with Crippen LogP contribution in [0.5, 0.6) is 5.75 Å². The van der Waals surface area contributed by atoms with Crippen molar-refractivity contribution in [1.29, 1.82) is 0 Å². The van der Waals surface area contributed by atoms with Gasteiger partial charge in [0.05, 0.1) is 4.83 Å². The molecule has 0 radical (unpaired) electrons. The largest absolute Gasteiger partial charge is 0.490 e. The molecule has 0 saturated heterocycles. The molecule has 0 aromatic heterocycles. The van der Waals surface area contributed by atoms with E-state index in [0.717, 1.165) is 23.3 Å². The van der Waals surface area contributed by atoms with E-state index in [1.165, 1.54) is 12.1 Å². The molecule has 0 amide bonds. The van der Waals surface area contributed by atoms with Crippen LogP contribution in [0, 0.1) is 11.6 Å². The number of rotatable bonds is 2. The highest BCUT2D eigenvalue weighted by molar-refractivity contribution is 9.10. The minimum Gasteiger partial charge on any atom is -0.490 e. The number of halogens is 4. The third-order valence-electron chi connectivity index (χ3n) is 3.51. The Labute approximate surface area is 138 Å². The van der Waals surface area contributed by atoms with E-state index in [2.05, 4.69) is 31.9 Å². The Morgan fingerprint density at radius 3 is 2.52 bits per heavy atom. The zero-order chi connectivity index (χ0) is 15.1. The van der Waals surface area contributed by atoms with E-state index >= 15 is 0 Å². The van der Waals surface area contributed by atoms with Crippen molar-refractivity contribution in [2.75, 3.05) is 0 Å². The second kappa shape index (κ2) is 5.69. The van der Waals surface area contributed by atoms with E-state index in [9.17, 15) is 8.78 Å². The zero-order valence-electron chi connectivity index (χ0n) is 11.2. The minimum absolute atomic E-state index is 0.0186. The Morgan fingerprint density at radius 1 is 1.19 bits per heavy atom. The quantitative estimate of drug-likeness (QED) is 0.583. The van der Waals surface area contributed by atoms with Crippen molar-refractivity contribution in [2.24, 2.45) is 0 Å². The summed E-state index contributed by atoms with van der Waals surface area (Å²) in [4.78, 5) is -0.535. The molecule has 0 aliphatic carbocycles. The Balaban J connectivity index is 2.00. The molecule has 2 atom stereocenters. The summed E-state index contributed by atoms with van der Waals surface area (Å²) in [6, 6.07) is 8.17. The average Bonchev–Trinajstić information content (AvgIpc) is 2.76. The monoisotopic (exact) mass is 416 g/mol. The number of hydrogen-bond acceptors (Lipinski definition) is 1. The van der Waals surface area contributed by atoms with Crippen molar-refractivity contribution in [3.63, 3.8) is 0 Å². The molecule has 0 fully saturated rings. The van der Waals surface area contributed by atoms with Crippen molar-refractivity contribution in [2.45, 2.75) is 24.3 Å². The van der Waals surface area contributed by atoms with Crippen LogP contribution in [-0.4, -0.2) is 6.10 Å². The molecule has 5 heteroatoms. The first kappa shape index (κ1) is 15.0. The fourth-order valence-electron chi connectivity index (χ4n) is 2.56. The smallest absolute Gasteiger partial charge is 0.131 e. The highest BCUT2D eigenvalue weighted by Gasteiger charge is 2.24. The Hall–Kier alpha value is -0.940. The second-order valence-corrected chi connectivity index (χ2v) is 6.98. The molecule has 2 aromatic carbocycles. The summed E-state index contributed by atoms with van der Waals surface area (Å²) in [5, 5.41) is 0. The van der Waals surface area contributed by atoms with Gasteiger partial charge in [-0.2, -0.15) is 0 Å². The fraction of sp³-hybridized carbons (Fsp3) is 0.250. The first-order chi connectivity index (χ1) is 9.95. The normalized spacial score (nSPS) is 18.2. The topological polar surface area (TPSA) is 9.23 Å². The highest BCUT2D eigenvalue weighted by atomic mass is 79.9. The minimum atomic E-state index is -0.575. The van der Waals surface area contributed by atoms with Crippen LogP contribution in [0.2, 0.25) is 0 Å². The van der Waals surface area contributed by atoms with Crippen LogP contribution in [0.15, 0.2) is 34.8 Å². The van der Waals surface area contributed by atoms with E-state index in [4.69, 9.17) is 4.74 Å². The van der Waals surface area contributed by atoms with Gasteiger partial charge in [-0.25, -0.2) is 8.78 Å². The zero-order valence-corrected chi connectivity index (χ0v) is 14.3. The summed E-state index contributed by atoms with van der Waals surface area (Å²) in [6.07, 6.45) is 0.957. The number of alkyl halides is 1. The van der Waals surface area contributed by atoms with Crippen LogP contribution in [0.1, 0.15) is 28.4 Å². The molecular formula is C16H12Br2F2O. The molecule has 0 bridgehead atoms. The first-order valence-electron chi connectivity index (χ1n) is 6.53. The van der Waals surface area contributed by atoms with Gasteiger partial charge in [0.25, 0.3) is 0 Å². The van der Waals surface area contributed by atoms with Crippen molar-refractivity contribution in [3.8, 4) is 5.75 Å². The molecule has 110 valence electrons.